The minimum Gasteiger partial charge on any atom is -0.342 e. The zero-order chi connectivity index (χ0) is 19.4. The number of amides is 1. The number of pyridine rings is 1. The summed E-state index contributed by atoms with van der Waals surface area (Å²) in [6.45, 7) is 0. The third kappa shape index (κ3) is 4.60. The van der Waals surface area contributed by atoms with Crippen molar-refractivity contribution in [1.29, 1.82) is 5.26 Å². The van der Waals surface area contributed by atoms with Crippen molar-refractivity contribution in [2.24, 2.45) is 0 Å². The number of nitriles is 1. The van der Waals surface area contributed by atoms with E-state index in [9.17, 15) is 10.1 Å². The minimum absolute atomic E-state index is 0.0192. The van der Waals surface area contributed by atoms with Crippen molar-refractivity contribution in [3.63, 3.8) is 0 Å². The van der Waals surface area contributed by atoms with Crippen LogP contribution in [0.4, 0.5) is 0 Å². The fourth-order valence-electron chi connectivity index (χ4n) is 3.33. The molecule has 1 aromatic heterocycles. The molecule has 4 nitrogen and oxygen atoms in total. The molecule has 1 N–H and O–H groups in total. The standard InChI is InChI=1S/C20H16Br2ClN3O/c21-15-10-17(22)18(25-12-15)9-13(11-24)19(27)26-20(7-1-2-8-20)14-3-5-16(23)6-4-14/h3-6,9-10,12H,1-2,7-8H2,(H,26,27). The van der Waals surface area contributed by atoms with Crippen molar-refractivity contribution in [2.45, 2.75) is 31.2 Å². The zero-order valence-electron chi connectivity index (χ0n) is 14.3. The lowest BCUT2D eigenvalue weighted by Crippen LogP contribution is -2.44. The van der Waals surface area contributed by atoms with Crippen molar-refractivity contribution in [3.8, 4) is 6.07 Å². The number of hydrogen-bond acceptors (Lipinski definition) is 3. The molecule has 1 amide bonds. The molecular weight excluding hydrogens is 494 g/mol. The Morgan fingerprint density at radius 3 is 2.52 bits per heavy atom. The molecule has 0 bridgehead atoms. The summed E-state index contributed by atoms with van der Waals surface area (Å²) in [5.74, 6) is -0.397. The Morgan fingerprint density at radius 1 is 1.26 bits per heavy atom. The van der Waals surface area contributed by atoms with Crippen LogP contribution < -0.4 is 5.32 Å². The van der Waals surface area contributed by atoms with E-state index in [-0.39, 0.29) is 5.57 Å². The number of nitrogens with zero attached hydrogens (tertiary/aromatic N) is 2. The molecule has 0 unspecified atom stereocenters. The highest BCUT2D eigenvalue weighted by Crippen LogP contribution is 2.39. The number of rotatable bonds is 4. The lowest BCUT2D eigenvalue weighted by atomic mass is 9.87. The van der Waals surface area contributed by atoms with Crippen LogP contribution in [0.15, 0.2) is 51.0 Å². The van der Waals surface area contributed by atoms with Crippen LogP contribution in [-0.4, -0.2) is 10.9 Å². The van der Waals surface area contributed by atoms with Gasteiger partial charge in [-0.15, -0.1) is 0 Å². The highest BCUT2D eigenvalue weighted by Gasteiger charge is 2.37. The molecule has 0 saturated heterocycles. The molecule has 3 rings (SSSR count). The van der Waals surface area contributed by atoms with E-state index < -0.39 is 11.4 Å². The summed E-state index contributed by atoms with van der Waals surface area (Å²) in [4.78, 5) is 17.1. The van der Waals surface area contributed by atoms with Crippen LogP contribution >= 0.6 is 43.5 Å². The van der Waals surface area contributed by atoms with Gasteiger partial charge in [-0.2, -0.15) is 5.26 Å². The van der Waals surface area contributed by atoms with Gasteiger partial charge in [0.1, 0.15) is 11.6 Å². The molecule has 1 saturated carbocycles. The zero-order valence-corrected chi connectivity index (χ0v) is 18.2. The third-order valence-corrected chi connectivity index (χ3v) is 6.01. The average Bonchev–Trinajstić information content (AvgIpc) is 3.11. The van der Waals surface area contributed by atoms with Gasteiger partial charge >= 0.3 is 0 Å². The lowest BCUT2D eigenvalue weighted by Gasteiger charge is -2.31. The summed E-state index contributed by atoms with van der Waals surface area (Å²) in [5, 5.41) is 13.3. The Hall–Kier alpha value is -1.68. The maximum atomic E-state index is 12.9. The van der Waals surface area contributed by atoms with E-state index in [2.05, 4.69) is 42.2 Å². The molecule has 0 atom stereocenters. The lowest BCUT2D eigenvalue weighted by molar-refractivity contribution is -0.119. The summed E-state index contributed by atoms with van der Waals surface area (Å²) >= 11 is 12.7. The second kappa shape index (κ2) is 8.55. The van der Waals surface area contributed by atoms with Gasteiger partial charge in [0.2, 0.25) is 0 Å². The van der Waals surface area contributed by atoms with Gasteiger partial charge in [-0.1, -0.05) is 36.6 Å². The Labute approximate surface area is 179 Å². The first-order chi connectivity index (χ1) is 12.9. The molecule has 2 aromatic rings. The number of hydrogen-bond donors (Lipinski definition) is 1. The summed E-state index contributed by atoms with van der Waals surface area (Å²) < 4.78 is 1.51. The first-order valence-corrected chi connectivity index (χ1v) is 10.4. The van der Waals surface area contributed by atoms with E-state index in [0.717, 1.165) is 35.7 Å². The van der Waals surface area contributed by atoms with E-state index in [4.69, 9.17) is 11.6 Å². The van der Waals surface area contributed by atoms with Crippen LogP contribution in [-0.2, 0) is 10.3 Å². The predicted octanol–water partition coefficient (Wildman–Crippen LogP) is 5.75. The summed E-state index contributed by atoms with van der Waals surface area (Å²) in [5.41, 5.74) is 1.09. The second-order valence-corrected chi connectivity index (χ2v) is 8.65. The molecule has 1 aliphatic carbocycles. The van der Waals surface area contributed by atoms with Crippen LogP contribution in [0, 0.1) is 11.3 Å². The number of aromatic nitrogens is 1. The van der Waals surface area contributed by atoms with Crippen molar-refractivity contribution >= 4 is 55.4 Å². The fraction of sp³-hybridized carbons (Fsp3) is 0.250. The Kier molecular flexibility index (Phi) is 6.36. The van der Waals surface area contributed by atoms with Gasteiger partial charge in [-0.3, -0.25) is 9.78 Å². The van der Waals surface area contributed by atoms with Gasteiger partial charge in [0.15, 0.2) is 0 Å². The Bertz CT molecular complexity index is 929. The molecule has 0 radical (unpaired) electrons. The largest absolute Gasteiger partial charge is 0.342 e. The fourth-order valence-corrected chi connectivity index (χ4v) is 4.56. The molecule has 7 heteroatoms. The Morgan fingerprint density at radius 2 is 1.93 bits per heavy atom. The number of carbonyl (C=O) groups excluding carboxylic acids is 1. The summed E-state index contributed by atoms with van der Waals surface area (Å²) in [6.07, 6.45) is 6.83. The minimum atomic E-state index is -0.470. The van der Waals surface area contributed by atoms with E-state index in [1.54, 1.807) is 6.20 Å². The third-order valence-electron chi connectivity index (χ3n) is 4.69. The van der Waals surface area contributed by atoms with Crippen LogP contribution in [0.5, 0.6) is 0 Å². The van der Waals surface area contributed by atoms with Crippen molar-refractivity contribution < 1.29 is 4.79 Å². The summed E-state index contributed by atoms with van der Waals surface area (Å²) in [7, 11) is 0. The second-order valence-electron chi connectivity index (χ2n) is 6.44. The van der Waals surface area contributed by atoms with Gasteiger partial charge in [0.05, 0.1) is 11.2 Å². The summed E-state index contributed by atoms with van der Waals surface area (Å²) in [6, 6.07) is 11.4. The number of benzene rings is 1. The monoisotopic (exact) mass is 507 g/mol. The molecule has 0 aliphatic heterocycles. The molecule has 0 spiro atoms. The maximum Gasteiger partial charge on any atom is 0.262 e. The van der Waals surface area contributed by atoms with Crippen molar-refractivity contribution in [1.82, 2.24) is 10.3 Å². The first-order valence-electron chi connectivity index (χ1n) is 8.45. The van der Waals surface area contributed by atoms with Gasteiger partial charge in [-0.25, -0.2) is 0 Å². The average molecular weight is 510 g/mol. The topological polar surface area (TPSA) is 65.8 Å². The highest BCUT2D eigenvalue weighted by atomic mass is 79.9. The van der Waals surface area contributed by atoms with Gasteiger partial charge in [0.25, 0.3) is 5.91 Å². The molecule has 1 fully saturated rings. The number of nitrogens with one attached hydrogen (secondary N) is 1. The SMILES string of the molecule is N#CC(=Cc1ncc(Br)cc1Br)C(=O)NC1(c2ccc(Cl)cc2)CCCC1. The molecule has 1 aromatic carbocycles. The number of carbonyl (C=O) groups is 1. The maximum absolute atomic E-state index is 12.9. The normalized spacial score (nSPS) is 16.0. The molecule has 27 heavy (non-hydrogen) atoms. The quantitative estimate of drug-likeness (QED) is 0.421. The molecular formula is C20H16Br2ClN3O. The smallest absolute Gasteiger partial charge is 0.262 e. The van der Waals surface area contributed by atoms with Crippen LogP contribution in [0.3, 0.4) is 0 Å². The van der Waals surface area contributed by atoms with Gasteiger partial charge in [-0.05, 0) is 74.5 Å². The van der Waals surface area contributed by atoms with Gasteiger partial charge < -0.3 is 5.32 Å². The van der Waals surface area contributed by atoms with E-state index in [1.807, 2.05) is 36.4 Å². The first kappa shape index (κ1) is 20.1. The van der Waals surface area contributed by atoms with Crippen LogP contribution in [0.1, 0.15) is 36.9 Å². The van der Waals surface area contributed by atoms with Crippen molar-refractivity contribution in [3.05, 3.63) is 67.3 Å². The molecule has 1 aliphatic rings. The predicted molar refractivity (Wildman–Crippen MR) is 113 cm³/mol. The molecule has 138 valence electrons. The van der Waals surface area contributed by atoms with Gasteiger partial charge in [0, 0.05) is 20.2 Å². The van der Waals surface area contributed by atoms with E-state index in [1.165, 1.54) is 6.08 Å². The number of halogens is 3. The Balaban J connectivity index is 1.89. The van der Waals surface area contributed by atoms with Crippen LogP contribution in [0.2, 0.25) is 5.02 Å². The van der Waals surface area contributed by atoms with E-state index in [0.29, 0.717) is 15.2 Å². The van der Waals surface area contributed by atoms with Crippen molar-refractivity contribution in [2.75, 3.05) is 0 Å². The highest BCUT2D eigenvalue weighted by molar-refractivity contribution is 9.11. The van der Waals surface area contributed by atoms with Crippen LogP contribution in [0.25, 0.3) is 6.08 Å². The van der Waals surface area contributed by atoms with E-state index >= 15 is 0 Å². The molecule has 1 heterocycles.